The van der Waals surface area contributed by atoms with Crippen LogP contribution >= 0.6 is 12.6 Å². The van der Waals surface area contributed by atoms with Crippen molar-refractivity contribution in [3.8, 4) is 5.75 Å². The topological polar surface area (TPSA) is 35.5 Å². The molecular weight excluding hydrogens is 260 g/mol. The molecule has 0 saturated carbocycles. The molecule has 4 heteroatoms. The molecule has 0 aliphatic rings. The highest BCUT2D eigenvalue weighted by atomic mass is 32.1. The van der Waals surface area contributed by atoms with Crippen molar-refractivity contribution in [2.75, 3.05) is 19.5 Å². The Labute approximate surface area is 120 Å². The molecule has 0 aromatic heterocycles. The van der Waals surface area contributed by atoms with E-state index in [9.17, 15) is 4.79 Å². The molecule has 19 heavy (non-hydrogen) atoms. The summed E-state index contributed by atoms with van der Waals surface area (Å²) < 4.78 is 10.6. The Balaban J connectivity index is 2.85. The van der Waals surface area contributed by atoms with Gasteiger partial charge in [-0.15, -0.1) is 0 Å². The molecule has 1 rings (SSSR count). The van der Waals surface area contributed by atoms with Gasteiger partial charge < -0.3 is 9.47 Å². The Morgan fingerprint density at radius 3 is 2.42 bits per heavy atom. The SMILES string of the molecule is CCC(CC)(CS)COc1ccccc1C(=O)OC. The zero-order valence-electron chi connectivity index (χ0n) is 11.8. The fraction of sp³-hybridized carbons (Fsp3) is 0.533. The Kier molecular flexibility index (Phi) is 6.22. The second-order valence-electron chi connectivity index (χ2n) is 4.64. The summed E-state index contributed by atoms with van der Waals surface area (Å²) in [6.07, 6.45) is 1.99. The molecule has 0 aliphatic carbocycles. The van der Waals surface area contributed by atoms with E-state index in [-0.39, 0.29) is 11.4 Å². The molecule has 0 aliphatic heterocycles. The van der Waals surface area contributed by atoms with Crippen LogP contribution in [0.5, 0.6) is 5.75 Å². The predicted octanol–water partition coefficient (Wildman–Crippen LogP) is 3.59. The molecule has 0 saturated heterocycles. The third-order valence-electron chi connectivity index (χ3n) is 3.66. The van der Waals surface area contributed by atoms with Crippen molar-refractivity contribution in [1.82, 2.24) is 0 Å². The van der Waals surface area contributed by atoms with Crippen LogP contribution in [0.15, 0.2) is 24.3 Å². The molecule has 0 radical (unpaired) electrons. The molecule has 0 fully saturated rings. The molecule has 0 spiro atoms. The molecule has 0 unspecified atom stereocenters. The standard InChI is InChI=1S/C15H22O3S/c1-4-15(5-2,11-19)10-18-13-9-7-6-8-12(13)14(16)17-3/h6-9,19H,4-5,10-11H2,1-3H3. The van der Waals surface area contributed by atoms with Gasteiger partial charge >= 0.3 is 5.97 Å². The monoisotopic (exact) mass is 282 g/mol. The van der Waals surface area contributed by atoms with Gasteiger partial charge in [0.05, 0.1) is 13.7 Å². The summed E-state index contributed by atoms with van der Waals surface area (Å²) in [6.45, 7) is 4.82. The van der Waals surface area contributed by atoms with Gasteiger partial charge in [0.1, 0.15) is 11.3 Å². The molecule has 0 amide bonds. The van der Waals surface area contributed by atoms with Gasteiger partial charge in [0.15, 0.2) is 0 Å². The molecule has 106 valence electrons. The van der Waals surface area contributed by atoms with Crippen LogP contribution in [0, 0.1) is 5.41 Å². The highest BCUT2D eigenvalue weighted by molar-refractivity contribution is 7.80. The quantitative estimate of drug-likeness (QED) is 0.613. The third-order valence-corrected chi connectivity index (χ3v) is 4.33. The van der Waals surface area contributed by atoms with Gasteiger partial charge in [0.2, 0.25) is 0 Å². The number of hydrogen-bond acceptors (Lipinski definition) is 4. The first-order chi connectivity index (χ1) is 9.12. The third kappa shape index (κ3) is 3.90. The Hall–Kier alpha value is -1.16. The predicted molar refractivity (Wildman–Crippen MR) is 80.1 cm³/mol. The summed E-state index contributed by atoms with van der Waals surface area (Å²) in [7, 11) is 1.37. The van der Waals surface area contributed by atoms with Crippen molar-refractivity contribution in [3.05, 3.63) is 29.8 Å². The molecular formula is C15H22O3S. The number of hydrogen-bond donors (Lipinski definition) is 1. The Bertz CT molecular complexity index is 405. The number of rotatable bonds is 7. The fourth-order valence-corrected chi connectivity index (χ4v) is 2.36. The summed E-state index contributed by atoms with van der Waals surface area (Å²) in [5.41, 5.74) is 0.511. The van der Waals surface area contributed by atoms with Crippen LogP contribution in [-0.4, -0.2) is 25.4 Å². The van der Waals surface area contributed by atoms with Gasteiger partial charge in [0, 0.05) is 5.41 Å². The van der Waals surface area contributed by atoms with Crippen molar-refractivity contribution in [2.24, 2.45) is 5.41 Å². The van der Waals surface area contributed by atoms with E-state index in [1.807, 2.05) is 6.07 Å². The van der Waals surface area contributed by atoms with Crippen molar-refractivity contribution >= 4 is 18.6 Å². The Morgan fingerprint density at radius 1 is 1.26 bits per heavy atom. The maximum Gasteiger partial charge on any atom is 0.341 e. The highest BCUT2D eigenvalue weighted by Gasteiger charge is 2.26. The van der Waals surface area contributed by atoms with Crippen molar-refractivity contribution < 1.29 is 14.3 Å². The molecule has 0 N–H and O–H groups in total. The second-order valence-corrected chi connectivity index (χ2v) is 4.96. The van der Waals surface area contributed by atoms with Crippen LogP contribution in [0.1, 0.15) is 37.0 Å². The summed E-state index contributed by atoms with van der Waals surface area (Å²) in [5.74, 6) is 0.961. The summed E-state index contributed by atoms with van der Waals surface area (Å²) in [6, 6.07) is 7.15. The van der Waals surface area contributed by atoms with Crippen LogP contribution in [-0.2, 0) is 4.74 Å². The summed E-state index contributed by atoms with van der Waals surface area (Å²) in [4.78, 5) is 11.7. The van der Waals surface area contributed by atoms with Gasteiger partial charge in [-0.05, 0) is 30.7 Å². The zero-order valence-corrected chi connectivity index (χ0v) is 12.7. The lowest BCUT2D eigenvalue weighted by Gasteiger charge is -2.29. The van der Waals surface area contributed by atoms with Gasteiger partial charge in [-0.2, -0.15) is 12.6 Å². The highest BCUT2D eigenvalue weighted by Crippen LogP contribution is 2.30. The number of para-hydroxylation sites is 1. The number of esters is 1. The van der Waals surface area contributed by atoms with Crippen LogP contribution in [0.3, 0.4) is 0 Å². The van der Waals surface area contributed by atoms with E-state index in [4.69, 9.17) is 9.47 Å². The van der Waals surface area contributed by atoms with E-state index in [1.165, 1.54) is 7.11 Å². The second kappa shape index (κ2) is 7.43. The molecule has 1 aromatic carbocycles. The summed E-state index contributed by atoms with van der Waals surface area (Å²) >= 11 is 4.42. The number of benzene rings is 1. The van der Waals surface area contributed by atoms with Gasteiger partial charge in [-0.3, -0.25) is 0 Å². The Morgan fingerprint density at radius 2 is 1.89 bits per heavy atom. The average Bonchev–Trinajstić information content (AvgIpc) is 2.49. The minimum absolute atomic E-state index is 0.0480. The molecule has 1 aromatic rings. The minimum atomic E-state index is -0.375. The lowest BCUT2D eigenvalue weighted by Crippen LogP contribution is -2.29. The van der Waals surface area contributed by atoms with E-state index in [1.54, 1.807) is 18.2 Å². The number of carbonyl (C=O) groups excluding carboxylic acids is 1. The van der Waals surface area contributed by atoms with Gasteiger partial charge in [0.25, 0.3) is 0 Å². The average molecular weight is 282 g/mol. The smallest absolute Gasteiger partial charge is 0.341 e. The van der Waals surface area contributed by atoms with Crippen LogP contribution in [0.4, 0.5) is 0 Å². The zero-order chi connectivity index (χ0) is 14.3. The normalized spacial score (nSPS) is 11.2. The van der Waals surface area contributed by atoms with Gasteiger partial charge in [-0.1, -0.05) is 26.0 Å². The molecule has 0 heterocycles. The van der Waals surface area contributed by atoms with E-state index in [2.05, 4.69) is 26.5 Å². The first-order valence-corrected chi connectivity index (χ1v) is 7.16. The lowest BCUT2D eigenvalue weighted by molar-refractivity contribution is 0.0592. The molecule has 3 nitrogen and oxygen atoms in total. The fourth-order valence-electron chi connectivity index (χ4n) is 1.83. The summed E-state index contributed by atoms with van der Waals surface area (Å²) in [5, 5.41) is 0. The van der Waals surface area contributed by atoms with E-state index in [0.717, 1.165) is 18.6 Å². The first-order valence-electron chi connectivity index (χ1n) is 6.53. The minimum Gasteiger partial charge on any atom is -0.492 e. The van der Waals surface area contributed by atoms with E-state index in [0.29, 0.717) is 17.9 Å². The molecule has 0 atom stereocenters. The van der Waals surface area contributed by atoms with E-state index >= 15 is 0 Å². The number of methoxy groups -OCH3 is 1. The maximum absolute atomic E-state index is 11.7. The van der Waals surface area contributed by atoms with E-state index < -0.39 is 0 Å². The number of thiol groups is 1. The van der Waals surface area contributed by atoms with Crippen LogP contribution < -0.4 is 4.74 Å². The molecule has 0 bridgehead atoms. The largest absolute Gasteiger partial charge is 0.492 e. The van der Waals surface area contributed by atoms with Crippen molar-refractivity contribution in [3.63, 3.8) is 0 Å². The first kappa shape index (κ1) is 15.9. The van der Waals surface area contributed by atoms with Crippen LogP contribution in [0.2, 0.25) is 0 Å². The number of carbonyl (C=O) groups is 1. The number of ether oxygens (including phenoxy) is 2. The van der Waals surface area contributed by atoms with Crippen molar-refractivity contribution in [2.45, 2.75) is 26.7 Å². The van der Waals surface area contributed by atoms with Crippen LogP contribution in [0.25, 0.3) is 0 Å². The van der Waals surface area contributed by atoms with Gasteiger partial charge in [-0.25, -0.2) is 4.79 Å². The maximum atomic E-state index is 11.7. The lowest BCUT2D eigenvalue weighted by atomic mass is 9.85. The van der Waals surface area contributed by atoms with Crippen molar-refractivity contribution in [1.29, 1.82) is 0 Å².